The Hall–Kier alpha value is -4.58. The number of benzene rings is 3. The number of carbonyl (C=O) groups is 3. The summed E-state index contributed by atoms with van der Waals surface area (Å²) < 4.78 is 41.5. The molecular weight excluding hydrogens is 598 g/mol. The summed E-state index contributed by atoms with van der Waals surface area (Å²) in [5.41, 5.74) is 1.74. The van der Waals surface area contributed by atoms with E-state index in [4.69, 9.17) is 13.7 Å². The molecule has 1 fully saturated rings. The molecule has 0 radical (unpaired) electrons. The third kappa shape index (κ3) is 9.97. The minimum atomic E-state index is -4.03. The van der Waals surface area contributed by atoms with Crippen LogP contribution in [0, 0.1) is 6.92 Å². The molecule has 240 valence electrons. The maximum Gasteiger partial charge on any atom is 0.410 e. The Bertz CT molecular complexity index is 1560. The zero-order valence-electron chi connectivity index (χ0n) is 25.9. The molecular formula is C33H39N3O8S. The SMILES string of the molecule is Cc1ccc(S(=O)(=O)Oc2ccc(C[C@H](NC(=O)OCc3ccccc3)C(=O)N3CCN(C(=O)OC(C)(C)C)CC3)cc2)cc1. The predicted octanol–water partition coefficient (Wildman–Crippen LogP) is 4.68. The van der Waals surface area contributed by atoms with Gasteiger partial charge in [0.1, 0.15) is 28.9 Å². The van der Waals surface area contributed by atoms with E-state index in [-0.39, 0.29) is 55.8 Å². The van der Waals surface area contributed by atoms with Crippen LogP contribution in [0.5, 0.6) is 5.75 Å². The van der Waals surface area contributed by atoms with Crippen molar-refractivity contribution in [1.29, 1.82) is 0 Å². The van der Waals surface area contributed by atoms with E-state index in [0.717, 1.165) is 11.1 Å². The molecule has 3 aromatic rings. The monoisotopic (exact) mass is 637 g/mol. The van der Waals surface area contributed by atoms with Gasteiger partial charge in [0, 0.05) is 32.6 Å². The molecule has 0 saturated carbocycles. The van der Waals surface area contributed by atoms with Crippen molar-refractivity contribution in [3.8, 4) is 5.75 Å². The van der Waals surface area contributed by atoms with Gasteiger partial charge in [0.25, 0.3) is 0 Å². The van der Waals surface area contributed by atoms with Crippen molar-refractivity contribution >= 4 is 28.2 Å². The van der Waals surface area contributed by atoms with E-state index in [1.807, 2.05) is 37.3 Å². The summed E-state index contributed by atoms with van der Waals surface area (Å²) in [7, 11) is -4.03. The molecule has 0 unspecified atom stereocenters. The first-order valence-corrected chi connectivity index (χ1v) is 16.0. The lowest BCUT2D eigenvalue weighted by Gasteiger charge is -2.37. The van der Waals surface area contributed by atoms with Gasteiger partial charge >= 0.3 is 22.3 Å². The summed E-state index contributed by atoms with van der Waals surface area (Å²) in [5, 5.41) is 2.69. The van der Waals surface area contributed by atoms with Gasteiger partial charge in [-0.15, -0.1) is 0 Å². The number of carbonyl (C=O) groups excluding carboxylic acids is 3. The van der Waals surface area contributed by atoms with Gasteiger partial charge in [0.05, 0.1) is 0 Å². The van der Waals surface area contributed by atoms with Crippen LogP contribution in [-0.4, -0.2) is 74.1 Å². The Labute approximate surface area is 264 Å². The van der Waals surface area contributed by atoms with Crippen molar-refractivity contribution in [1.82, 2.24) is 15.1 Å². The van der Waals surface area contributed by atoms with Crippen LogP contribution in [0.4, 0.5) is 9.59 Å². The molecule has 1 saturated heterocycles. The highest BCUT2D eigenvalue weighted by molar-refractivity contribution is 7.87. The molecule has 1 aliphatic heterocycles. The van der Waals surface area contributed by atoms with Crippen molar-refractivity contribution in [3.63, 3.8) is 0 Å². The van der Waals surface area contributed by atoms with Crippen LogP contribution in [0.25, 0.3) is 0 Å². The van der Waals surface area contributed by atoms with Gasteiger partial charge in [-0.25, -0.2) is 9.59 Å². The standard InChI is InChI=1S/C33H39N3O8S/c1-24-10-16-28(17-11-24)45(40,41)44-27-14-12-25(13-15-27)22-29(34-31(38)42-23-26-8-6-5-7-9-26)30(37)35-18-20-36(21-19-35)32(39)43-33(2,3)4/h5-17,29H,18-23H2,1-4H3,(H,34,38)/t29-/m0/s1. The first-order chi connectivity index (χ1) is 21.3. The number of nitrogens with zero attached hydrogens (tertiary/aromatic N) is 2. The summed E-state index contributed by atoms with van der Waals surface area (Å²) in [6, 6.07) is 20.8. The van der Waals surface area contributed by atoms with Crippen LogP contribution in [0.15, 0.2) is 83.8 Å². The Morgan fingerprint density at radius 1 is 0.822 bits per heavy atom. The number of rotatable bonds is 9. The quantitative estimate of drug-likeness (QED) is 0.335. The Balaban J connectivity index is 1.43. The summed E-state index contributed by atoms with van der Waals surface area (Å²) in [4.78, 5) is 42.1. The fraction of sp³-hybridized carbons (Fsp3) is 0.364. The molecule has 4 rings (SSSR count). The predicted molar refractivity (Wildman–Crippen MR) is 167 cm³/mol. The second-order valence-electron chi connectivity index (χ2n) is 11.7. The lowest BCUT2D eigenvalue weighted by Crippen LogP contribution is -2.56. The highest BCUT2D eigenvalue weighted by atomic mass is 32.2. The average Bonchev–Trinajstić information content (AvgIpc) is 3.00. The van der Waals surface area contributed by atoms with Gasteiger partial charge in [0.2, 0.25) is 5.91 Å². The average molecular weight is 638 g/mol. The Morgan fingerprint density at radius 2 is 1.42 bits per heavy atom. The highest BCUT2D eigenvalue weighted by Crippen LogP contribution is 2.21. The highest BCUT2D eigenvalue weighted by Gasteiger charge is 2.32. The maximum absolute atomic E-state index is 13.7. The van der Waals surface area contributed by atoms with Gasteiger partial charge in [-0.1, -0.05) is 60.2 Å². The molecule has 0 aromatic heterocycles. The largest absolute Gasteiger partial charge is 0.445 e. The normalized spacial score (nSPS) is 14.3. The van der Waals surface area contributed by atoms with E-state index in [1.165, 1.54) is 24.3 Å². The molecule has 1 N–H and O–H groups in total. The number of amides is 3. The second kappa shape index (κ2) is 14.5. The second-order valence-corrected chi connectivity index (χ2v) is 13.3. The van der Waals surface area contributed by atoms with Crippen LogP contribution in [0.3, 0.4) is 0 Å². The molecule has 0 aliphatic carbocycles. The molecule has 45 heavy (non-hydrogen) atoms. The van der Waals surface area contributed by atoms with Crippen LogP contribution in [-0.2, 0) is 37.4 Å². The van der Waals surface area contributed by atoms with Crippen LogP contribution in [0.2, 0.25) is 0 Å². The topological polar surface area (TPSA) is 132 Å². The van der Waals surface area contributed by atoms with Crippen molar-refractivity contribution in [2.24, 2.45) is 0 Å². The number of hydrogen-bond donors (Lipinski definition) is 1. The lowest BCUT2D eigenvalue weighted by molar-refractivity contribution is -0.135. The molecule has 1 aliphatic rings. The number of aryl methyl sites for hydroxylation is 1. The van der Waals surface area contributed by atoms with Gasteiger partial charge in [-0.2, -0.15) is 8.42 Å². The van der Waals surface area contributed by atoms with Crippen LogP contribution >= 0.6 is 0 Å². The Kier molecular flexibility index (Phi) is 10.7. The minimum absolute atomic E-state index is 0.0314. The van der Waals surface area contributed by atoms with E-state index < -0.39 is 33.9 Å². The molecule has 0 bridgehead atoms. The van der Waals surface area contributed by atoms with Gasteiger partial charge in [-0.3, -0.25) is 4.79 Å². The van der Waals surface area contributed by atoms with Gasteiger partial charge in [0.15, 0.2) is 0 Å². The summed E-state index contributed by atoms with van der Waals surface area (Å²) in [5.74, 6) is -0.228. The third-order valence-electron chi connectivity index (χ3n) is 6.92. The molecule has 1 atom stereocenters. The van der Waals surface area contributed by atoms with Gasteiger partial charge < -0.3 is 28.8 Å². The van der Waals surface area contributed by atoms with Crippen molar-refractivity contribution < 1.29 is 36.5 Å². The van der Waals surface area contributed by atoms with Crippen LogP contribution in [0.1, 0.15) is 37.5 Å². The van der Waals surface area contributed by atoms with E-state index in [2.05, 4.69) is 5.32 Å². The zero-order valence-corrected chi connectivity index (χ0v) is 26.7. The van der Waals surface area contributed by atoms with Crippen molar-refractivity contribution in [3.05, 3.63) is 95.6 Å². The van der Waals surface area contributed by atoms with Crippen LogP contribution < -0.4 is 9.50 Å². The molecule has 0 spiro atoms. The number of ether oxygens (including phenoxy) is 2. The van der Waals surface area contributed by atoms with Crippen molar-refractivity contribution in [2.75, 3.05) is 26.2 Å². The number of alkyl carbamates (subject to hydrolysis) is 1. The minimum Gasteiger partial charge on any atom is -0.445 e. The fourth-order valence-corrected chi connectivity index (χ4v) is 5.49. The first kappa shape index (κ1) is 33.3. The number of piperazine rings is 1. The molecule has 12 heteroatoms. The molecule has 3 amide bonds. The summed E-state index contributed by atoms with van der Waals surface area (Å²) >= 11 is 0. The summed E-state index contributed by atoms with van der Waals surface area (Å²) in [6.07, 6.45) is -1.09. The summed E-state index contributed by atoms with van der Waals surface area (Å²) in [6.45, 7) is 8.36. The zero-order chi connectivity index (χ0) is 32.6. The van der Waals surface area contributed by atoms with E-state index in [0.29, 0.717) is 5.56 Å². The third-order valence-corrected chi connectivity index (χ3v) is 8.19. The smallest absolute Gasteiger partial charge is 0.410 e. The Morgan fingerprint density at radius 3 is 2.02 bits per heavy atom. The van der Waals surface area contributed by atoms with Gasteiger partial charge in [-0.05, 0) is 63.1 Å². The molecule has 3 aromatic carbocycles. The van der Waals surface area contributed by atoms with E-state index in [9.17, 15) is 22.8 Å². The van der Waals surface area contributed by atoms with Crippen molar-refractivity contribution in [2.45, 2.75) is 57.3 Å². The number of nitrogens with one attached hydrogen (secondary N) is 1. The molecule has 1 heterocycles. The molecule has 11 nitrogen and oxygen atoms in total. The first-order valence-electron chi connectivity index (χ1n) is 14.6. The van der Waals surface area contributed by atoms with E-state index >= 15 is 0 Å². The lowest BCUT2D eigenvalue weighted by atomic mass is 10.0. The number of hydrogen-bond acceptors (Lipinski definition) is 8. The van der Waals surface area contributed by atoms with E-state index in [1.54, 1.807) is 54.8 Å². The fourth-order valence-electron chi connectivity index (χ4n) is 4.56. The maximum atomic E-state index is 13.7.